The summed E-state index contributed by atoms with van der Waals surface area (Å²) in [5.41, 5.74) is 0. The van der Waals surface area contributed by atoms with Crippen molar-refractivity contribution < 1.29 is 17.9 Å². The molecule has 1 aliphatic carbocycles. The van der Waals surface area contributed by atoms with Crippen LogP contribution in [-0.4, -0.2) is 44.1 Å². The lowest BCUT2D eigenvalue weighted by Gasteiger charge is -2.32. The smallest absolute Gasteiger partial charge is 0.310 e. The van der Waals surface area contributed by atoms with Crippen LogP contribution in [0.4, 0.5) is 0 Å². The lowest BCUT2D eigenvalue weighted by molar-refractivity contribution is -0.145. The van der Waals surface area contributed by atoms with Crippen LogP contribution >= 0.6 is 0 Å². The van der Waals surface area contributed by atoms with E-state index in [1.165, 1.54) is 7.11 Å². The summed E-state index contributed by atoms with van der Waals surface area (Å²) < 4.78 is 31.6. The van der Waals surface area contributed by atoms with Gasteiger partial charge >= 0.3 is 5.97 Å². The van der Waals surface area contributed by atoms with Gasteiger partial charge in [0.25, 0.3) is 0 Å². The average molecular weight is 289 g/mol. The molecule has 1 heterocycles. The Morgan fingerprint density at radius 1 is 1.16 bits per heavy atom. The molecule has 1 aliphatic heterocycles. The number of hydrogen-bond acceptors (Lipinski definition) is 4. The van der Waals surface area contributed by atoms with Gasteiger partial charge in [-0.05, 0) is 31.6 Å². The molecule has 1 saturated heterocycles. The van der Waals surface area contributed by atoms with Gasteiger partial charge in [0, 0.05) is 13.1 Å². The molecule has 2 atom stereocenters. The Hall–Kier alpha value is -0.620. The SMILES string of the molecule is COC(=O)C1CCCC1S(=O)(=O)N1CCC(C)CC1. The van der Waals surface area contributed by atoms with E-state index in [-0.39, 0.29) is 5.97 Å². The summed E-state index contributed by atoms with van der Waals surface area (Å²) in [6, 6.07) is 0. The maximum Gasteiger partial charge on any atom is 0.310 e. The summed E-state index contributed by atoms with van der Waals surface area (Å²) in [4.78, 5) is 11.7. The molecule has 0 spiro atoms. The molecule has 5 nitrogen and oxygen atoms in total. The van der Waals surface area contributed by atoms with E-state index < -0.39 is 21.2 Å². The third-order valence-corrected chi connectivity index (χ3v) is 6.86. The zero-order valence-electron chi connectivity index (χ0n) is 11.7. The van der Waals surface area contributed by atoms with Gasteiger partial charge < -0.3 is 4.74 Å². The first-order valence-electron chi connectivity index (χ1n) is 7.03. The van der Waals surface area contributed by atoms with Crippen LogP contribution in [0.3, 0.4) is 0 Å². The van der Waals surface area contributed by atoms with Crippen LogP contribution in [0.5, 0.6) is 0 Å². The van der Waals surface area contributed by atoms with Crippen LogP contribution in [0, 0.1) is 11.8 Å². The highest BCUT2D eigenvalue weighted by Crippen LogP contribution is 2.35. The number of piperidine rings is 1. The quantitative estimate of drug-likeness (QED) is 0.737. The Balaban J connectivity index is 2.12. The van der Waals surface area contributed by atoms with Gasteiger partial charge in [-0.25, -0.2) is 12.7 Å². The number of carbonyl (C=O) groups is 1. The van der Waals surface area contributed by atoms with Gasteiger partial charge in [0.15, 0.2) is 0 Å². The van der Waals surface area contributed by atoms with Crippen molar-refractivity contribution in [2.75, 3.05) is 20.2 Å². The third kappa shape index (κ3) is 2.94. The molecule has 0 amide bonds. The molecule has 0 N–H and O–H groups in total. The van der Waals surface area contributed by atoms with Crippen molar-refractivity contribution in [2.24, 2.45) is 11.8 Å². The van der Waals surface area contributed by atoms with Crippen LogP contribution in [-0.2, 0) is 19.6 Å². The van der Waals surface area contributed by atoms with Gasteiger partial charge in [-0.2, -0.15) is 0 Å². The Bertz CT molecular complexity index is 426. The molecule has 19 heavy (non-hydrogen) atoms. The zero-order chi connectivity index (χ0) is 14.0. The standard InChI is InChI=1S/C13H23NO4S/c1-10-6-8-14(9-7-10)19(16,17)12-5-3-4-11(12)13(15)18-2/h10-12H,3-9H2,1-2H3. The molecule has 0 radical (unpaired) electrons. The predicted molar refractivity (Wildman–Crippen MR) is 72.0 cm³/mol. The number of ether oxygens (including phenoxy) is 1. The van der Waals surface area contributed by atoms with Crippen molar-refractivity contribution in [3.8, 4) is 0 Å². The van der Waals surface area contributed by atoms with E-state index in [2.05, 4.69) is 6.92 Å². The van der Waals surface area contributed by atoms with E-state index in [0.717, 1.165) is 19.3 Å². The monoisotopic (exact) mass is 289 g/mol. The predicted octanol–water partition coefficient (Wildman–Crippen LogP) is 1.39. The molecular weight excluding hydrogens is 266 g/mol. The Morgan fingerprint density at radius 2 is 1.79 bits per heavy atom. The second-order valence-corrected chi connectivity index (χ2v) is 7.88. The molecule has 2 aliphatic rings. The van der Waals surface area contributed by atoms with Crippen molar-refractivity contribution >= 4 is 16.0 Å². The number of hydrogen-bond donors (Lipinski definition) is 0. The maximum atomic E-state index is 12.6. The molecule has 110 valence electrons. The zero-order valence-corrected chi connectivity index (χ0v) is 12.5. The van der Waals surface area contributed by atoms with Crippen molar-refractivity contribution in [3.05, 3.63) is 0 Å². The van der Waals surface area contributed by atoms with Gasteiger partial charge in [-0.15, -0.1) is 0 Å². The fourth-order valence-corrected chi connectivity index (χ4v) is 5.36. The van der Waals surface area contributed by atoms with Crippen molar-refractivity contribution in [3.63, 3.8) is 0 Å². The Kier molecular flexibility index (Phi) is 4.50. The topological polar surface area (TPSA) is 63.7 Å². The minimum Gasteiger partial charge on any atom is -0.469 e. The lowest BCUT2D eigenvalue weighted by atomic mass is 10.0. The molecule has 0 aromatic heterocycles. The summed E-state index contributed by atoms with van der Waals surface area (Å²) in [6.45, 7) is 3.33. The number of nitrogens with zero attached hydrogens (tertiary/aromatic N) is 1. The van der Waals surface area contributed by atoms with Gasteiger partial charge in [-0.3, -0.25) is 4.79 Å². The largest absolute Gasteiger partial charge is 0.469 e. The molecular formula is C13H23NO4S. The first kappa shape index (κ1) is 14.8. The first-order chi connectivity index (χ1) is 8.96. The Morgan fingerprint density at radius 3 is 2.37 bits per heavy atom. The highest BCUT2D eigenvalue weighted by Gasteiger charge is 2.45. The van der Waals surface area contributed by atoms with E-state index in [4.69, 9.17) is 4.74 Å². The van der Waals surface area contributed by atoms with E-state index in [1.54, 1.807) is 4.31 Å². The molecule has 0 aromatic rings. The molecule has 2 unspecified atom stereocenters. The van der Waals surface area contributed by atoms with Crippen LogP contribution in [0.25, 0.3) is 0 Å². The second-order valence-electron chi connectivity index (χ2n) is 5.73. The summed E-state index contributed by atoms with van der Waals surface area (Å²) in [7, 11) is -2.03. The van der Waals surface area contributed by atoms with Gasteiger partial charge in [-0.1, -0.05) is 13.3 Å². The second kappa shape index (κ2) is 5.79. The van der Waals surface area contributed by atoms with E-state index in [1.807, 2.05) is 0 Å². The molecule has 0 bridgehead atoms. The number of carbonyl (C=O) groups excluding carboxylic acids is 1. The number of esters is 1. The number of rotatable bonds is 3. The third-order valence-electron chi connectivity index (χ3n) is 4.44. The van der Waals surface area contributed by atoms with Gasteiger partial charge in [0.05, 0.1) is 18.3 Å². The summed E-state index contributed by atoms with van der Waals surface area (Å²) in [5, 5.41) is -0.576. The highest BCUT2D eigenvalue weighted by molar-refractivity contribution is 7.89. The fourth-order valence-electron chi connectivity index (χ4n) is 3.13. The molecule has 2 fully saturated rings. The fraction of sp³-hybridized carbons (Fsp3) is 0.923. The highest BCUT2D eigenvalue weighted by atomic mass is 32.2. The molecule has 1 saturated carbocycles. The molecule has 2 rings (SSSR count). The molecule has 0 aromatic carbocycles. The minimum atomic E-state index is -3.36. The van der Waals surface area contributed by atoms with Crippen molar-refractivity contribution in [2.45, 2.75) is 44.3 Å². The lowest BCUT2D eigenvalue weighted by Crippen LogP contribution is -2.45. The summed E-state index contributed by atoms with van der Waals surface area (Å²) >= 11 is 0. The van der Waals surface area contributed by atoms with E-state index in [9.17, 15) is 13.2 Å². The van der Waals surface area contributed by atoms with Gasteiger partial charge in [0.2, 0.25) is 10.0 Å². The van der Waals surface area contributed by atoms with Crippen molar-refractivity contribution in [1.29, 1.82) is 0 Å². The van der Waals surface area contributed by atoms with Crippen LogP contribution < -0.4 is 0 Å². The Labute approximate surface area is 115 Å². The van der Waals surface area contributed by atoms with E-state index >= 15 is 0 Å². The average Bonchev–Trinajstić information content (AvgIpc) is 2.88. The first-order valence-corrected chi connectivity index (χ1v) is 8.54. The van der Waals surface area contributed by atoms with E-state index in [0.29, 0.717) is 31.8 Å². The maximum absolute atomic E-state index is 12.6. The van der Waals surface area contributed by atoms with Crippen LogP contribution in [0.2, 0.25) is 0 Å². The summed E-state index contributed by atoms with van der Waals surface area (Å²) in [6.07, 6.45) is 3.81. The van der Waals surface area contributed by atoms with Crippen molar-refractivity contribution in [1.82, 2.24) is 4.31 Å². The number of sulfonamides is 1. The summed E-state index contributed by atoms with van der Waals surface area (Å²) in [5.74, 6) is -0.266. The van der Waals surface area contributed by atoms with Crippen LogP contribution in [0.1, 0.15) is 39.0 Å². The number of methoxy groups -OCH3 is 1. The van der Waals surface area contributed by atoms with Crippen LogP contribution in [0.15, 0.2) is 0 Å². The molecule has 6 heteroatoms. The normalized spacial score (nSPS) is 30.4. The van der Waals surface area contributed by atoms with Gasteiger partial charge in [0.1, 0.15) is 0 Å². The minimum absolute atomic E-state index is 0.378.